The lowest BCUT2D eigenvalue weighted by Gasteiger charge is -2.37. The second kappa shape index (κ2) is 14.2. The van der Waals surface area contributed by atoms with E-state index in [2.05, 4.69) is 48.8 Å². The summed E-state index contributed by atoms with van der Waals surface area (Å²) in [6.45, 7) is 14.0. The van der Waals surface area contributed by atoms with Crippen molar-refractivity contribution in [3.05, 3.63) is 66.2 Å². The van der Waals surface area contributed by atoms with Gasteiger partial charge in [0.25, 0.3) is 0 Å². The molecule has 5 nitrogen and oxygen atoms in total. The highest BCUT2D eigenvalue weighted by Gasteiger charge is 2.35. The van der Waals surface area contributed by atoms with Gasteiger partial charge in [0, 0.05) is 39.3 Å². The van der Waals surface area contributed by atoms with E-state index in [9.17, 15) is 5.26 Å². The Hall–Kier alpha value is -2.39. The Kier molecular flexibility index (Phi) is 11.1. The number of nitriles is 1. The van der Waals surface area contributed by atoms with Crippen LogP contribution in [-0.4, -0.2) is 68.4 Å². The summed E-state index contributed by atoms with van der Waals surface area (Å²) in [6, 6.07) is 23.1. The number of benzene rings is 2. The second-order valence-electron chi connectivity index (χ2n) is 9.98. The second-order valence-corrected chi connectivity index (χ2v) is 9.98. The zero-order valence-corrected chi connectivity index (χ0v) is 21.9. The van der Waals surface area contributed by atoms with Crippen LogP contribution in [0, 0.1) is 17.2 Å². The van der Waals surface area contributed by atoms with E-state index in [0.717, 1.165) is 76.5 Å². The van der Waals surface area contributed by atoms with Gasteiger partial charge in [-0.05, 0) is 49.4 Å². The molecule has 190 valence electrons. The molecule has 0 bridgehead atoms. The van der Waals surface area contributed by atoms with E-state index in [-0.39, 0.29) is 12.0 Å². The van der Waals surface area contributed by atoms with Gasteiger partial charge >= 0.3 is 0 Å². The molecule has 0 N–H and O–H groups in total. The van der Waals surface area contributed by atoms with E-state index in [0.29, 0.717) is 6.61 Å². The van der Waals surface area contributed by atoms with E-state index in [1.54, 1.807) is 0 Å². The molecule has 2 aromatic rings. The minimum absolute atomic E-state index is 0.0312. The molecule has 35 heavy (non-hydrogen) atoms. The molecule has 5 heteroatoms. The normalized spacial score (nSPS) is 17.6. The molecule has 0 amide bonds. The Morgan fingerprint density at radius 1 is 0.943 bits per heavy atom. The molecule has 2 atom stereocenters. The smallest absolute Gasteiger partial charge is 0.135 e. The third-order valence-corrected chi connectivity index (χ3v) is 7.14. The Balaban J connectivity index is 1.47. The highest BCUT2D eigenvalue weighted by molar-refractivity contribution is 5.33. The van der Waals surface area contributed by atoms with Gasteiger partial charge in [0.15, 0.2) is 0 Å². The van der Waals surface area contributed by atoms with Gasteiger partial charge in [-0.25, -0.2) is 0 Å². The van der Waals surface area contributed by atoms with Crippen LogP contribution in [0.1, 0.15) is 45.6 Å². The monoisotopic (exact) mass is 477 g/mol. The average Bonchev–Trinajstić information content (AvgIpc) is 2.89. The van der Waals surface area contributed by atoms with Gasteiger partial charge in [0.2, 0.25) is 0 Å². The largest absolute Gasteiger partial charge is 0.487 e. The van der Waals surface area contributed by atoms with E-state index < -0.39 is 5.41 Å². The van der Waals surface area contributed by atoms with Gasteiger partial charge < -0.3 is 14.4 Å². The molecule has 0 spiro atoms. The maximum atomic E-state index is 10.1. The summed E-state index contributed by atoms with van der Waals surface area (Å²) in [5.41, 5.74) is 0.737. The van der Waals surface area contributed by atoms with Crippen molar-refractivity contribution in [2.24, 2.45) is 5.92 Å². The van der Waals surface area contributed by atoms with Crippen LogP contribution in [-0.2, 0) is 10.2 Å². The Bertz CT molecular complexity index is 875. The molecule has 0 radical (unpaired) electrons. The third kappa shape index (κ3) is 8.07. The van der Waals surface area contributed by atoms with Crippen molar-refractivity contribution in [2.75, 3.05) is 52.5 Å². The third-order valence-electron chi connectivity index (χ3n) is 7.14. The predicted molar refractivity (Wildman–Crippen MR) is 143 cm³/mol. The molecule has 1 aliphatic heterocycles. The molecule has 0 aromatic heterocycles. The van der Waals surface area contributed by atoms with E-state index in [4.69, 9.17) is 9.47 Å². The van der Waals surface area contributed by atoms with Crippen molar-refractivity contribution >= 4 is 0 Å². The molecule has 1 fully saturated rings. The van der Waals surface area contributed by atoms with Gasteiger partial charge in [-0.1, -0.05) is 69.3 Å². The fraction of sp³-hybridized carbons (Fsp3) is 0.567. The van der Waals surface area contributed by atoms with Crippen LogP contribution in [0.3, 0.4) is 0 Å². The van der Waals surface area contributed by atoms with Gasteiger partial charge in [0.05, 0.1) is 18.1 Å². The number of hydrogen-bond acceptors (Lipinski definition) is 5. The molecule has 1 heterocycles. The Morgan fingerprint density at radius 3 is 2.17 bits per heavy atom. The number of para-hydroxylation sites is 1. The quantitative estimate of drug-likeness (QED) is 0.342. The SMILES string of the molecule is CCCOCC(CN1CCN(CCCC(C#N)(c2ccccc2)C(C)C)CC1)Oc1ccccc1. The standard InChI is InChI=1S/C30H43N3O2/c1-4-22-34-24-29(35-28-14-9-6-10-15-28)23-33-20-18-32(19-21-33)17-11-16-30(25-31,26(2)3)27-12-7-5-8-13-27/h5-10,12-15,26,29H,4,11,16-24H2,1-3H3. The molecule has 2 aromatic carbocycles. The molecule has 1 aliphatic rings. The summed E-state index contributed by atoms with van der Waals surface area (Å²) < 4.78 is 12.1. The minimum atomic E-state index is -0.413. The minimum Gasteiger partial charge on any atom is -0.487 e. The van der Waals surface area contributed by atoms with Crippen LogP contribution in [0.15, 0.2) is 60.7 Å². The van der Waals surface area contributed by atoms with Crippen LogP contribution in [0.25, 0.3) is 0 Å². The van der Waals surface area contributed by atoms with E-state index in [1.807, 2.05) is 48.5 Å². The molecular formula is C30H43N3O2. The van der Waals surface area contributed by atoms with E-state index >= 15 is 0 Å². The first-order valence-electron chi connectivity index (χ1n) is 13.3. The zero-order chi connectivity index (χ0) is 24.9. The maximum Gasteiger partial charge on any atom is 0.135 e. The van der Waals surface area contributed by atoms with Crippen molar-refractivity contribution < 1.29 is 9.47 Å². The predicted octanol–water partition coefficient (Wildman–Crippen LogP) is 5.38. The number of hydrogen-bond donors (Lipinski definition) is 0. The van der Waals surface area contributed by atoms with Crippen LogP contribution in [0.5, 0.6) is 5.75 Å². The van der Waals surface area contributed by atoms with Gasteiger partial charge in [-0.2, -0.15) is 5.26 Å². The summed E-state index contributed by atoms with van der Waals surface area (Å²) in [7, 11) is 0. The zero-order valence-electron chi connectivity index (χ0n) is 21.9. The number of nitrogens with zero attached hydrogens (tertiary/aromatic N) is 3. The summed E-state index contributed by atoms with van der Waals surface area (Å²) in [4.78, 5) is 5.04. The maximum absolute atomic E-state index is 10.1. The van der Waals surface area contributed by atoms with Gasteiger partial charge in [-0.3, -0.25) is 4.90 Å². The first-order valence-corrected chi connectivity index (χ1v) is 13.3. The van der Waals surface area contributed by atoms with Crippen LogP contribution < -0.4 is 4.74 Å². The number of piperazine rings is 1. The first kappa shape index (κ1) is 27.2. The first-order chi connectivity index (χ1) is 17.1. The van der Waals surface area contributed by atoms with Crippen molar-refractivity contribution in [2.45, 2.75) is 51.6 Å². The highest BCUT2D eigenvalue weighted by Crippen LogP contribution is 2.36. The molecule has 0 saturated carbocycles. The van der Waals surface area contributed by atoms with Crippen molar-refractivity contribution in [3.8, 4) is 11.8 Å². The molecule has 2 unspecified atom stereocenters. The molecule has 0 aliphatic carbocycles. The average molecular weight is 478 g/mol. The van der Waals surface area contributed by atoms with Crippen molar-refractivity contribution in [3.63, 3.8) is 0 Å². The van der Waals surface area contributed by atoms with Crippen LogP contribution in [0.2, 0.25) is 0 Å². The highest BCUT2D eigenvalue weighted by atomic mass is 16.5. The fourth-order valence-corrected chi connectivity index (χ4v) is 4.99. The molecule has 1 saturated heterocycles. The van der Waals surface area contributed by atoms with E-state index in [1.165, 1.54) is 0 Å². The van der Waals surface area contributed by atoms with Crippen LogP contribution >= 0.6 is 0 Å². The van der Waals surface area contributed by atoms with Gasteiger partial charge in [-0.15, -0.1) is 0 Å². The summed E-state index contributed by atoms with van der Waals surface area (Å²) in [5.74, 6) is 1.18. The summed E-state index contributed by atoms with van der Waals surface area (Å²) in [6.07, 6.45) is 2.98. The summed E-state index contributed by atoms with van der Waals surface area (Å²) >= 11 is 0. The number of ether oxygens (including phenoxy) is 2. The Labute approximate surface area is 212 Å². The lowest BCUT2D eigenvalue weighted by atomic mass is 9.70. The molecule has 3 rings (SSSR count). The van der Waals surface area contributed by atoms with Gasteiger partial charge in [0.1, 0.15) is 11.9 Å². The topological polar surface area (TPSA) is 48.7 Å². The van der Waals surface area contributed by atoms with Crippen LogP contribution in [0.4, 0.5) is 0 Å². The van der Waals surface area contributed by atoms with Crippen molar-refractivity contribution in [1.29, 1.82) is 5.26 Å². The molecular weight excluding hydrogens is 434 g/mol. The number of rotatable bonds is 14. The lowest BCUT2D eigenvalue weighted by Crippen LogP contribution is -2.50. The fourth-order valence-electron chi connectivity index (χ4n) is 4.99. The van der Waals surface area contributed by atoms with Crippen molar-refractivity contribution in [1.82, 2.24) is 9.80 Å². The lowest BCUT2D eigenvalue weighted by molar-refractivity contribution is 0.0194. The summed E-state index contributed by atoms with van der Waals surface area (Å²) in [5, 5.41) is 10.1. The Morgan fingerprint density at radius 2 is 1.57 bits per heavy atom.